The van der Waals surface area contributed by atoms with E-state index in [-0.39, 0.29) is 5.41 Å². The summed E-state index contributed by atoms with van der Waals surface area (Å²) >= 11 is 12.1. The van der Waals surface area contributed by atoms with Crippen LogP contribution in [0.1, 0.15) is 31.7 Å². The Bertz CT molecular complexity index is 529. The minimum absolute atomic E-state index is 0.217. The van der Waals surface area contributed by atoms with Crippen molar-refractivity contribution in [3.63, 3.8) is 0 Å². The fourth-order valence-electron chi connectivity index (χ4n) is 3.04. The molecule has 2 nitrogen and oxygen atoms in total. The number of piperidine rings is 1. The third kappa shape index (κ3) is 4.75. The zero-order chi connectivity index (χ0) is 17.1. The molecule has 0 amide bonds. The molecule has 1 aliphatic rings. The molecule has 1 aliphatic heterocycles. The van der Waals surface area contributed by atoms with Gasteiger partial charge < -0.3 is 10.6 Å². The van der Waals surface area contributed by atoms with Gasteiger partial charge in [0.05, 0.1) is 10.0 Å². The van der Waals surface area contributed by atoms with Crippen LogP contribution < -0.4 is 10.6 Å². The van der Waals surface area contributed by atoms with E-state index in [4.69, 9.17) is 23.2 Å². The standard InChI is InChI=1S/C16H21Cl2F3N2/c1-11(16(19,20)21)23-8-6-15(5-2-7-22-10-15)12-3-4-13(17)14(18)9-12/h3-4,9,11,22-23H,2,5-8,10H2,1H3. The van der Waals surface area contributed by atoms with Gasteiger partial charge in [0.15, 0.2) is 0 Å². The first-order valence-corrected chi connectivity index (χ1v) is 8.46. The molecule has 2 atom stereocenters. The Balaban J connectivity index is 2.11. The van der Waals surface area contributed by atoms with Crippen LogP contribution in [0.4, 0.5) is 13.2 Å². The van der Waals surface area contributed by atoms with Gasteiger partial charge in [-0.3, -0.25) is 0 Å². The zero-order valence-corrected chi connectivity index (χ0v) is 14.5. The quantitative estimate of drug-likeness (QED) is 0.796. The van der Waals surface area contributed by atoms with Crippen LogP contribution in [0.25, 0.3) is 0 Å². The lowest BCUT2D eigenvalue weighted by atomic mass is 9.72. The van der Waals surface area contributed by atoms with E-state index in [2.05, 4.69) is 10.6 Å². The van der Waals surface area contributed by atoms with Crippen molar-refractivity contribution in [2.24, 2.45) is 0 Å². The van der Waals surface area contributed by atoms with Gasteiger partial charge in [-0.05, 0) is 57.0 Å². The first-order chi connectivity index (χ1) is 10.7. The van der Waals surface area contributed by atoms with E-state index in [0.29, 0.717) is 23.0 Å². The van der Waals surface area contributed by atoms with Crippen molar-refractivity contribution in [1.82, 2.24) is 10.6 Å². The third-order valence-corrected chi connectivity index (χ3v) is 5.29. The van der Waals surface area contributed by atoms with Crippen molar-refractivity contribution in [3.8, 4) is 0 Å². The minimum Gasteiger partial charge on any atom is -0.316 e. The Hall–Kier alpha value is -0.490. The average molecular weight is 369 g/mol. The van der Waals surface area contributed by atoms with Crippen LogP contribution in [0.3, 0.4) is 0 Å². The summed E-state index contributed by atoms with van der Waals surface area (Å²) in [5, 5.41) is 6.89. The van der Waals surface area contributed by atoms with Crippen LogP contribution in [0.5, 0.6) is 0 Å². The largest absolute Gasteiger partial charge is 0.403 e. The molecule has 2 rings (SSSR count). The van der Waals surface area contributed by atoms with E-state index < -0.39 is 12.2 Å². The third-order valence-electron chi connectivity index (χ3n) is 4.55. The molecule has 0 aromatic heterocycles. The van der Waals surface area contributed by atoms with Crippen LogP contribution in [-0.2, 0) is 5.41 Å². The highest BCUT2D eigenvalue weighted by atomic mass is 35.5. The Morgan fingerprint density at radius 3 is 2.61 bits per heavy atom. The smallest absolute Gasteiger partial charge is 0.316 e. The summed E-state index contributed by atoms with van der Waals surface area (Å²) < 4.78 is 37.9. The van der Waals surface area contributed by atoms with Gasteiger partial charge in [0.2, 0.25) is 0 Å². The Morgan fingerprint density at radius 1 is 1.30 bits per heavy atom. The molecule has 1 aromatic carbocycles. The van der Waals surface area contributed by atoms with Crippen molar-refractivity contribution in [2.45, 2.75) is 43.8 Å². The van der Waals surface area contributed by atoms with Crippen molar-refractivity contribution in [1.29, 1.82) is 0 Å². The van der Waals surface area contributed by atoms with Crippen LogP contribution in [0, 0.1) is 0 Å². The molecular weight excluding hydrogens is 348 g/mol. The van der Waals surface area contributed by atoms with E-state index in [0.717, 1.165) is 38.4 Å². The molecule has 0 spiro atoms. The number of halogens is 5. The second-order valence-electron chi connectivity index (χ2n) is 6.16. The first-order valence-electron chi connectivity index (χ1n) is 7.71. The van der Waals surface area contributed by atoms with E-state index in [1.165, 1.54) is 0 Å². The minimum atomic E-state index is -4.22. The highest BCUT2D eigenvalue weighted by Crippen LogP contribution is 2.37. The second kappa shape index (κ2) is 7.60. The molecule has 0 aliphatic carbocycles. The molecule has 0 bridgehead atoms. The zero-order valence-electron chi connectivity index (χ0n) is 12.9. The molecule has 0 radical (unpaired) electrons. The number of rotatable bonds is 5. The van der Waals surface area contributed by atoms with Gasteiger partial charge in [0, 0.05) is 12.0 Å². The molecule has 0 saturated carbocycles. The van der Waals surface area contributed by atoms with Crippen molar-refractivity contribution in [2.75, 3.05) is 19.6 Å². The molecule has 2 N–H and O–H groups in total. The van der Waals surface area contributed by atoms with Gasteiger partial charge in [-0.25, -0.2) is 0 Å². The Kier molecular flexibility index (Phi) is 6.22. The summed E-state index contributed by atoms with van der Waals surface area (Å²) in [6, 6.07) is 4.00. The predicted molar refractivity (Wildman–Crippen MR) is 88.4 cm³/mol. The lowest BCUT2D eigenvalue weighted by Gasteiger charge is -2.39. The SMILES string of the molecule is CC(NCCC1(c2ccc(Cl)c(Cl)c2)CCCNC1)C(F)(F)F. The van der Waals surface area contributed by atoms with Crippen molar-refractivity contribution < 1.29 is 13.2 Å². The summed E-state index contributed by atoms with van der Waals surface area (Å²) in [4.78, 5) is 0. The van der Waals surface area contributed by atoms with Crippen LogP contribution in [-0.4, -0.2) is 31.9 Å². The molecule has 7 heteroatoms. The van der Waals surface area contributed by atoms with Gasteiger partial charge in [0.1, 0.15) is 6.04 Å². The summed E-state index contributed by atoms with van der Waals surface area (Å²) in [7, 11) is 0. The molecular formula is C16H21Cl2F3N2. The summed E-state index contributed by atoms with van der Waals surface area (Å²) in [5.74, 6) is 0. The topological polar surface area (TPSA) is 24.1 Å². The van der Waals surface area contributed by atoms with Crippen LogP contribution in [0.15, 0.2) is 18.2 Å². The van der Waals surface area contributed by atoms with Gasteiger partial charge >= 0.3 is 6.18 Å². The van der Waals surface area contributed by atoms with Gasteiger partial charge in [-0.1, -0.05) is 29.3 Å². The number of alkyl halides is 3. The maximum absolute atomic E-state index is 12.6. The van der Waals surface area contributed by atoms with Gasteiger partial charge in [-0.2, -0.15) is 13.2 Å². The molecule has 1 heterocycles. The monoisotopic (exact) mass is 368 g/mol. The molecule has 130 valence electrons. The predicted octanol–water partition coefficient (Wildman–Crippen LogP) is 4.55. The van der Waals surface area contributed by atoms with Crippen LogP contribution in [0.2, 0.25) is 10.0 Å². The molecule has 23 heavy (non-hydrogen) atoms. The Morgan fingerprint density at radius 2 is 2.04 bits per heavy atom. The van der Waals surface area contributed by atoms with E-state index in [1.807, 2.05) is 12.1 Å². The molecule has 2 unspecified atom stereocenters. The highest BCUT2D eigenvalue weighted by Gasteiger charge is 2.37. The van der Waals surface area contributed by atoms with E-state index >= 15 is 0 Å². The van der Waals surface area contributed by atoms with E-state index in [1.54, 1.807) is 6.07 Å². The first kappa shape index (κ1) is 18.8. The normalized spacial score (nSPS) is 23.7. The number of hydrogen-bond donors (Lipinski definition) is 2. The summed E-state index contributed by atoms with van der Waals surface area (Å²) in [6.45, 7) is 3.09. The fraction of sp³-hybridized carbons (Fsp3) is 0.625. The van der Waals surface area contributed by atoms with Crippen molar-refractivity contribution in [3.05, 3.63) is 33.8 Å². The number of benzene rings is 1. The molecule has 1 saturated heterocycles. The van der Waals surface area contributed by atoms with Gasteiger partial charge in [-0.15, -0.1) is 0 Å². The number of hydrogen-bond acceptors (Lipinski definition) is 2. The fourth-order valence-corrected chi connectivity index (χ4v) is 3.34. The van der Waals surface area contributed by atoms with Crippen molar-refractivity contribution >= 4 is 23.2 Å². The summed E-state index contributed by atoms with van der Waals surface area (Å²) in [5.41, 5.74) is 0.811. The summed E-state index contributed by atoms with van der Waals surface area (Å²) in [6.07, 6.45) is -1.71. The Labute approximate surface area is 144 Å². The average Bonchev–Trinajstić information content (AvgIpc) is 2.50. The maximum atomic E-state index is 12.6. The highest BCUT2D eigenvalue weighted by molar-refractivity contribution is 6.42. The lowest BCUT2D eigenvalue weighted by Crippen LogP contribution is -2.47. The second-order valence-corrected chi connectivity index (χ2v) is 6.97. The maximum Gasteiger partial charge on any atom is 0.403 e. The number of nitrogens with one attached hydrogen (secondary N) is 2. The molecule has 1 aromatic rings. The van der Waals surface area contributed by atoms with Gasteiger partial charge in [0.25, 0.3) is 0 Å². The van der Waals surface area contributed by atoms with Crippen LogP contribution >= 0.6 is 23.2 Å². The molecule has 1 fully saturated rings. The van der Waals surface area contributed by atoms with E-state index in [9.17, 15) is 13.2 Å². The lowest BCUT2D eigenvalue weighted by molar-refractivity contribution is -0.151.